The topological polar surface area (TPSA) is 87.5 Å². The number of piperidine rings is 1. The van der Waals surface area contributed by atoms with Crippen molar-refractivity contribution in [3.8, 4) is 0 Å². The molecule has 0 bridgehead atoms. The van der Waals surface area contributed by atoms with E-state index in [4.69, 9.17) is 4.74 Å². The number of anilines is 2. The summed E-state index contributed by atoms with van der Waals surface area (Å²) in [6.45, 7) is 6.76. The molecular weight excluding hydrogens is 400 g/mol. The second kappa shape index (κ2) is 8.05. The van der Waals surface area contributed by atoms with Gasteiger partial charge in [-0.15, -0.1) is 21.5 Å². The van der Waals surface area contributed by atoms with E-state index in [0.29, 0.717) is 6.54 Å². The summed E-state index contributed by atoms with van der Waals surface area (Å²) < 4.78 is 5.46. The maximum atomic E-state index is 11.2. The van der Waals surface area contributed by atoms with Gasteiger partial charge in [-0.1, -0.05) is 0 Å². The van der Waals surface area contributed by atoms with Crippen molar-refractivity contribution in [2.45, 2.75) is 25.4 Å². The minimum absolute atomic E-state index is 0.0787. The average Bonchev–Trinajstić information content (AvgIpc) is 3.35. The van der Waals surface area contributed by atoms with Crippen molar-refractivity contribution >= 4 is 33.7 Å². The molecule has 2 saturated heterocycles. The molecule has 1 N–H and O–H groups in total. The summed E-state index contributed by atoms with van der Waals surface area (Å²) >= 11 is 1.51. The van der Waals surface area contributed by atoms with Crippen molar-refractivity contribution < 1.29 is 9.84 Å². The molecule has 2 aliphatic rings. The van der Waals surface area contributed by atoms with Gasteiger partial charge in [-0.25, -0.2) is 4.98 Å². The number of rotatable bonds is 4. The summed E-state index contributed by atoms with van der Waals surface area (Å²) in [4.78, 5) is 8.91. The highest BCUT2D eigenvalue weighted by atomic mass is 32.1. The molecule has 1 aromatic carbocycles. The first-order valence-corrected chi connectivity index (χ1v) is 11.3. The highest BCUT2D eigenvalue weighted by Gasteiger charge is 2.39. The standard InChI is InChI=1S/C21H26N6O2S/c1-21(28,20-22-6-12-30-20)15-3-2-7-27(14-15)19-17-5-4-16(13-18(17)23-25-24-19)26-8-10-29-11-9-26/h4-6,12-13,15,28H,2-3,7-11,14H2,1H3/t15-,21?/m0/s1. The molecule has 9 heteroatoms. The van der Waals surface area contributed by atoms with Crippen LogP contribution >= 0.6 is 11.3 Å². The lowest BCUT2D eigenvalue weighted by Gasteiger charge is -2.40. The van der Waals surface area contributed by atoms with E-state index < -0.39 is 5.60 Å². The quantitative estimate of drug-likeness (QED) is 0.681. The van der Waals surface area contributed by atoms with E-state index >= 15 is 0 Å². The summed E-state index contributed by atoms with van der Waals surface area (Å²) in [6, 6.07) is 6.32. The molecule has 3 aromatic rings. The number of ether oxygens (including phenoxy) is 1. The van der Waals surface area contributed by atoms with Crippen molar-refractivity contribution in [2.75, 3.05) is 49.2 Å². The lowest BCUT2D eigenvalue weighted by molar-refractivity contribution is -0.0119. The molecule has 4 heterocycles. The number of hydrogen-bond acceptors (Lipinski definition) is 9. The number of morpholine rings is 1. The van der Waals surface area contributed by atoms with Gasteiger partial charge in [-0.2, -0.15) is 0 Å². The summed E-state index contributed by atoms with van der Waals surface area (Å²) in [5.41, 5.74) is 1.03. The molecule has 8 nitrogen and oxygen atoms in total. The molecule has 1 unspecified atom stereocenters. The third kappa shape index (κ3) is 3.61. The molecule has 2 aliphatic heterocycles. The number of hydrogen-bond donors (Lipinski definition) is 1. The zero-order chi connectivity index (χ0) is 20.6. The van der Waals surface area contributed by atoms with E-state index in [1.54, 1.807) is 6.20 Å². The van der Waals surface area contributed by atoms with Crippen LogP contribution in [0.3, 0.4) is 0 Å². The molecule has 0 amide bonds. The lowest BCUT2D eigenvalue weighted by atomic mass is 9.83. The first-order valence-electron chi connectivity index (χ1n) is 10.5. The van der Waals surface area contributed by atoms with Gasteiger partial charge in [-0.05, 0) is 43.2 Å². The van der Waals surface area contributed by atoms with Crippen molar-refractivity contribution in [2.24, 2.45) is 5.92 Å². The number of nitrogens with zero attached hydrogens (tertiary/aromatic N) is 6. The van der Waals surface area contributed by atoms with Gasteiger partial charge in [0, 0.05) is 54.7 Å². The Hall–Kier alpha value is -2.36. The van der Waals surface area contributed by atoms with E-state index in [-0.39, 0.29) is 5.92 Å². The smallest absolute Gasteiger partial charge is 0.162 e. The van der Waals surface area contributed by atoms with Gasteiger partial charge in [-0.3, -0.25) is 0 Å². The Labute approximate surface area is 179 Å². The first-order chi connectivity index (χ1) is 14.6. The average molecular weight is 427 g/mol. The highest BCUT2D eigenvalue weighted by molar-refractivity contribution is 7.09. The zero-order valence-corrected chi connectivity index (χ0v) is 17.9. The summed E-state index contributed by atoms with van der Waals surface area (Å²) in [5.74, 6) is 0.920. The van der Waals surface area contributed by atoms with Crippen LogP contribution in [0.5, 0.6) is 0 Å². The number of thiazole rings is 1. The molecule has 0 saturated carbocycles. The van der Waals surface area contributed by atoms with Crippen LogP contribution in [0.2, 0.25) is 0 Å². The van der Waals surface area contributed by atoms with Crippen molar-refractivity contribution in [3.05, 3.63) is 34.8 Å². The Balaban J connectivity index is 1.42. The maximum absolute atomic E-state index is 11.2. The summed E-state index contributed by atoms with van der Waals surface area (Å²) in [7, 11) is 0. The van der Waals surface area contributed by atoms with Crippen molar-refractivity contribution in [1.29, 1.82) is 0 Å². The molecule has 158 valence electrons. The monoisotopic (exact) mass is 426 g/mol. The Morgan fingerprint density at radius 1 is 1.17 bits per heavy atom. The minimum Gasteiger partial charge on any atom is -0.383 e. The fourth-order valence-corrected chi connectivity index (χ4v) is 5.26. The minimum atomic E-state index is -0.952. The third-order valence-corrected chi connectivity index (χ3v) is 7.27. The van der Waals surface area contributed by atoms with Crippen LogP contribution < -0.4 is 9.80 Å². The fourth-order valence-electron chi connectivity index (χ4n) is 4.49. The lowest BCUT2D eigenvalue weighted by Crippen LogP contribution is -2.45. The summed E-state index contributed by atoms with van der Waals surface area (Å²) in [6.07, 6.45) is 3.70. The van der Waals surface area contributed by atoms with Gasteiger partial charge in [0.15, 0.2) is 5.82 Å². The Morgan fingerprint density at radius 3 is 2.83 bits per heavy atom. The van der Waals surface area contributed by atoms with Gasteiger partial charge in [0.05, 0.1) is 13.2 Å². The van der Waals surface area contributed by atoms with Gasteiger partial charge in [0.1, 0.15) is 16.1 Å². The molecule has 0 aliphatic carbocycles. The molecule has 2 fully saturated rings. The molecule has 30 heavy (non-hydrogen) atoms. The Kier molecular flexibility index (Phi) is 5.26. The molecule has 5 rings (SSSR count). The SMILES string of the molecule is CC(O)(c1nccs1)[C@H]1CCCN(c2nnnc3cc(N4CCOCC4)ccc23)C1. The van der Waals surface area contributed by atoms with Gasteiger partial charge >= 0.3 is 0 Å². The van der Waals surface area contributed by atoms with E-state index in [9.17, 15) is 5.11 Å². The number of aliphatic hydroxyl groups is 1. The Morgan fingerprint density at radius 2 is 2.03 bits per heavy atom. The first kappa shape index (κ1) is 19.6. The number of benzene rings is 1. The van der Waals surface area contributed by atoms with Crippen LogP contribution in [0.1, 0.15) is 24.8 Å². The molecule has 2 aromatic heterocycles. The Bertz CT molecular complexity index is 1010. The maximum Gasteiger partial charge on any atom is 0.162 e. The molecular formula is C21H26N6O2S. The predicted octanol–water partition coefficient (Wildman–Crippen LogP) is 2.44. The van der Waals surface area contributed by atoms with Crippen molar-refractivity contribution in [3.63, 3.8) is 0 Å². The number of aromatic nitrogens is 4. The third-order valence-electron chi connectivity index (χ3n) is 6.27. The zero-order valence-electron chi connectivity index (χ0n) is 17.1. The second-order valence-electron chi connectivity index (χ2n) is 8.18. The molecule has 0 radical (unpaired) electrons. The van der Waals surface area contributed by atoms with Gasteiger partial charge < -0.3 is 19.6 Å². The second-order valence-corrected chi connectivity index (χ2v) is 9.08. The van der Waals surface area contributed by atoms with Crippen LogP contribution in [-0.2, 0) is 10.3 Å². The summed E-state index contributed by atoms with van der Waals surface area (Å²) in [5, 5.41) is 27.6. The largest absolute Gasteiger partial charge is 0.383 e. The van der Waals surface area contributed by atoms with E-state index in [1.165, 1.54) is 11.3 Å². The van der Waals surface area contributed by atoms with Gasteiger partial charge in [0.2, 0.25) is 0 Å². The molecule has 2 atom stereocenters. The fraction of sp³-hybridized carbons (Fsp3) is 0.524. The van der Waals surface area contributed by atoms with E-state index in [0.717, 1.165) is 73.1 Å². The normalized spacial score (nSPS) is 22.3. The van der Waals surface area contributed by atoms with Crippen LogP contribution in [0, 0.1) is 5.92 Å². The number of fused-ring (bicyclic) bond motifs is 1. The van der Waals surface area contributed by atoms with E-state index in [1.807, 2.05) is 12.3 Å². The predicted molar refractivity (Wildman–Crippen MR) is 117 cm³/mol. The van der Waals surface area contributed by atoms with E-state index in [2.05, 4.69) is 48.4 Å². The highest BCUT2D eigenvalue weighted by Crippen LogP contribution is 2.38. The molecule has 0 spiro atoms. The van der Waals surface area contributed by atoms with Crippen LogP contribution in [0.15, 0.2) is 29.8 Å². The van der Waals surface area contributed by atoms with Crippen LogP contribution in [-0.4, -0.2) is 64.9 Å². The van der Waals surface area contributed by atoms with Crippen LogP contribution in [0.4, 0.5) is 11.5 Å². The van der Waals surface area contributed by atoms with Gasteiger partial charge in [0.25, 0.3) is 0 Å². The van der Waals surface area contributed by atoms with Crippen molar-refractivity contribution in [1.82, 2.24) is 20.4 Å². The van der Waals surface area contributed by atoms with Crippen LogP contribution in [0.25, 0.3) is 10.9 Å².